The van der Waals surface area contributed by atoms with E-state index in [1.54, 1.807) is 36.4 Å². The van der Waals surface area contributed by atoms with Gasteiger partial charge in [0.15, 0.2) is 6.04 Å². The number of pyridine rings is 1. The van der Waals surface area contributed by atoms with Crippen LogP contribution in [0.4, 0.5) is 0 Å². The fourth-order valence-electron chi connectivity index (χ4n) is 3.94. The summed E-state index contributed by atoms with van der Waals surface area (Å²) in [4.78, 5) is 37.8. The van der Waals surface area contributed by atoms with Gasteiger partial charge in [-0.1, -0.05) is 43.2 Å². The number of carbonyl (C=O) groups is 2. The maximum absolute atomic E-state index is 13.1. The Bertz CT molecular complexity index is 1020. The Labute approximate surface area is 175 Å². The number of carboxylic acid groups (broad SMARTS) is 1. The molecule has 0 radical (unpaired) electrons. The second-order valence-electron chi connectivity index (χ2n) is 7.46. The molecule has 2 aromatic rings. The Hall–Kier alpha value is -3.40. The second-order valence-corrected chi connectivity index (χ2v) is 7.46. The van der Waals surface area contributed by atoms with Gasteiger partial charge < -0.3 is 15.0 Å². The molecule has 1 amide bonds. The van der Waals surface area contributed by atoms with Crippen LogP contribution in [0.3, 0.4) is 0 Å². The largest absolute Gasteiger partial charge is 0.479 e. The van der Waals surface area contributed by atoms with Crippen LogP contribution in [0.5, 0.6) is 0 Å². The molecule has 1 atom stereocenters. The topological polar surface area (TPSA) is 112 Å². The molecule has 0 bridgehead atoms. The molecule has 3 rings (SSSR count). The predicted molar refractivity (Wildman–Crippen MR) is 111 cm³/mol. The third kappa shape index (κ3) is 4.77. The fraction of sp³-hybridized carbons (Fsp3) is 0.391. The first kappa shape index (κ1) is 21.3. The number of carbonyl (C=O) groups excluding carboxylic acids is 1. The van der Waals surface area contributed by atoms with Crippen LogP contribution >= 0.6 is 0 Å². The van der Waals surface area contributed by atoms with E-state index in [9.17, 15) is 19.5 Å². The molecule has 1 aromatic heterocycles. The van der Waals surface area contributed by atoms with Gasteiger partial charge in [0.25, 0.3) is 11.5 Å². The molecule has 1 aliphatic rings. The Morgan fingerprint density at radius 1 is 1.13 bits per heavy atom. The number of benzene rings is 1. The average molecular weight is 407 g/mol. The SMILES string of the molecule is N#CCCn1c2c(cc(C(=O)NC(C(=O)O)c3ccccc3)c1=O)CCCCCC2. The molecule has 0 aliphatic heterocycles. The van der Waals surface area contributed by atoms with Gasteiger partial charge in [-0.05, 0) is 42.9 Å². The van der Waals surface area contributed by atoms with Crippen molar-refractivity contribution < 1.29 is 14.7 Å². The maximum atomic E-state index is 13.1. The zero-order valence-corrected chi connectivity index (χ0v) is 16.8. The highest BCUT2D eigenvalue weighted by Gasteiger charge is 2.26. The molecular weight excluding hydrogens is 382 g/mol. The van der Waals surface area contributed by atoms with Crippen molar-refractivity contribution in [1.82, 2.24) is 9.88 Å². The highest BCUT2D eigenvalue weighted by Crippen LogP contribution is 2.21. The monoisotopic (exact) mass is 407 g/mol. The summed E-state index contributed by atoms with van der Waals surface area (Å²) in [5.41, 5.74) is 1.71. The number of aliphatic carboxylic acids is 1. The average Bonchev–Trinajstić information content (AvgIpc) is 2.72. The number of aromatic nitrogens is 1. The predicted octanol–water partition coefficient (Wildman–Crippen LogP) is 2.98. The molecule has 0 saturated carbocycles. The summed E-state index contributed by atoms with van der Waals surface area (Å²) in [5, 5.41) is 21.1. The van der Waals surface area contributed by atoms with Crippen LogP contribution in [-0.2, 0) is 24.2 Å². The first-order valence-corrected chi connectivity index (χ1v) is 10.2. The van der Waals surface area contributed by atoms with Crippen molar-refractivity contribution in [3.8, 4) is 6.07 Å². The summed E-state index contributed by atoms with van der Waals surface area (Å²) in [6, 6.07) is 10.8. The molecule has 7 nitrogen and oxygen atoms in total. The van der Waals surface area contributed by atoms with Crippen molar-refractivity contribution in [3.05, 3.63) is 69.1 Å². The van der Waals surface area contributed by atoms with Crippen molar-refractivity contribution in [2.24, 2.45) is 0 Å². The van der Waals surface area contributed by atoms with E-state index in [1.807, 2.05) is 0 Å². The van der Waals surface area contributed by atoms with Crippen molar-refractivity contribution in [3.63, 3.8) is 0 Å². The zero-order valence-electron chi connectivity index (χ0n) is 16.8. The Morgan fingerprint density at radius 2 is 1.83 bits per heavy atom. The minimum atomic E-state index is -1.26. The lowest BCUT2D eigenvalue weighted by Crippen LogP contribution is -2.39. The molecule has 7 heteroatoms. The van der Waals surface area contributed by atoms with E-state index in [0.717, 1.165) is 49.8 Å². The Morgan fingerprint density at radius 3 is 2.50 bits per heavy atom. The van der Waals surface area contributed by atoms with Crippen LogP contribution in [0.1, 0.15) is 65.3 Å². The van der Waals surface area contributed by atoms with Gasteiger partial charge in [0.2, 0.25) is 0 Å². The standard InChI is InChI=1S/C23H25N3O4/c24-13-8-14-26-19-12-7-2-1-4-11-17(19)15-18(22(26)28)21(27)25-20(23(29)30)16-9-5-3-6-10-16/h3,5-6,9-10,15,20H,1-2,4,7-8,11-12,14H2,(H,25,27)(H,29,30). The van der Waals surface area contributed by atoms with Gasteiger partial charge in [0.1, 0.15) is 5.56 Å². The van der Waals surface area contributed by atoms with E-state index < -0.39 is 23.5 Å². The smallest absolute Gasteiger partial charge is 0.330 e. The van der Waals surface area contributed by atoms with Crippen molar-refractivity contribution in [2.75, 3.05) is 0 Å². The van der Waals surface area contributed by atoms with Crippen molar-refractivity contribution in [1.29, 1.82) is 5.26 Å². The van der Waals surface area contributed by atoms with Gasteiger partial charge in [0, 0.05) is 12.2 Å². The number of nitriles is 1. The summed E-state index contributed by atoms with van der Waals surface area (Å²) in [5.74, 6) is -1.92. The van der Waals surface area contributed by atoms with Crippen LogP contribution in [0.25, 0.3) is 0 Å². The van der Waals surface area contributed by atoms with E-state index in [4.69, 9.17) is 5.26 Å². The lowest BCUT2D eigenvalue weighted by atomic mass is 9.95. The zero-order chi connectivity index (χ0) is 21.5. The number of hydrogen-bond acceptors (Lipinski definition) is 4. The number of amides is 1. The van der Waals surface area contributed by atoms with E-state index in [0.29, 0.717) is 5.56 Å². The number of nitrogens with one attached hydrogen (secondary N) is 1. The summed E-state index contributed by atoms with van der Waals surface area (Å²) in [6.45, 7) is 0.222. The number of nitrogens with zero attached hydrogens (tertiary/aromatic N) is 2. The molecule has 30 heavy (non-hydrogen) atoms. The van der Waals surface area contributed by atoms with E-state index in [1.165, 1.54) is 4.57 Å². The summed E-state index contributed by atoms with van der Waals surface area (Å²) in [7, 11) is 0. The summed E-state index contributed by atoms with van der Waals surface area (Å²) >= 11 is 0. The molecule has 2 N–H and O–H groups in total. The number of hydrogen-bond donors (Lipinski definition) is 2. The van der Waals surface area contributed by atoms with Gasteiger partial charge in [-0.2, -0.15) is 5.26 Å². The molecule has 0 fully saturated rings. The second kappa shape index (κ2) is 9.88. The number of carboxylic acids is 1. The molecule has 1 aromatic carbocycles. The van der Waals surface area contributed by atoms with Gasteiger partial charge in [-0.25, -0.2) is 4.79 Å². The molecule has 0 spiro atoms. The maximum Gasteiger partial charge on any atom is 0.330 e. The molecular formula is C23H25N3O4. The lowest BCUT2D eigenvalue weighted by Gasteiger charge is -2.21. The van der Waals surface area contributed by atoms with Crippen LogP contribution in [0, 0.1) is 11.3 Å². The van der Waals surface area contributed by atoms with E-state index in [-0.39, 0.29) is 18.5 Å². The van der Waals surface area contributed by atoms with Gasteiger partial charge in [-0.3, -0.25) is 9.59 Å². The highest BCUT2D eigenvalue weighted by molar-refractivity contribution is 5.96. The number of aryl methyl sites for hydroxylation is 1. The van der Waals surface area contributed by atoms with Crippen LogP contribution in [0.2, 0.25) is 0 Å². The highest BCUT2D eigenvalue weighted by atomic mass is 16.4. The quantitative estimate of drug-likeness (QED) is 0.764. The van der Waals surface area contributed by atoms with Gasteiger partial charge >= 0.3 is 5.97 Å². The summed E-state index contributed by atoms with van der Waals surface area (Å²) < 4.78 is 1.54. The normalized spacial score (nSPS) is 14.5. The fourth-order valence-corrected chi connectivity index (χ4v) is 3.94. The molecule has 1 aliphatic carbocycles. The first-order valence-electron chi connectivity index (χ1n) is 10.2. The minimum Gasteiger partial charge on any atom is -0.479 e. The van der Waals surface area contributed by atoms with E-state index in [2.05, 4.69) is 11.4 Å². The minimum absolute atomic E-state index is 0.0746. The van der Waals surface area contributed by atoms with Crippen LogP contribution in [0.15, 0.2) is 41.2 Å². The third-order valence-corrected chi connectivity index (χ3v) is 5.45. The van der Waals surface area contributed by atoms with Crippen LogP contribution < -0.4 is 10.9 Å². The number of fused-ring (bicyclic) bond motifs is 1. The molecule has 1 heterocycles. The number of rotatable bonds is 6. The Balaban J connectivity index is 2.00. The lowest BCUT2D eigenvalue weighted by molar-refractivity contribution is -0.139. The van der Waals surface area contributed by atoms with Gasteiger partial charge in [-0.15, -0.1) is 0 Å². The van der Waals surface area contributed by atoms with Crippen molar-refractivity contribution in [2.45, 2.75) is 57.5 Å². The van der Waals surface area contributed by atoms with Crippen molar-refractivity contribution >= 4 is 11.9 Å². The van der Waals surface area contributed by atoms with E-state index >= 15 is 0 Å². The van der Waals surface area contributed by atoms with Crippen LogP contribution in [-0.4, -0.2) is 21.6 Å². The Kier molecular flexibility index (Phi) is 7.02. The molecule has 0 saturated heterocycles. The molecule has 1 unspecified atom stereocenters. The molecule has 156 valence electrons. The third-order valence-electron chi connectivity index (χ3n) is 5.45. The van der Waals surface area contributed by atoms with Gasteiger partial charge in [0.05, 0.1) is 12.5 Å². The first-order chi connectivity index (χ1) is 14.5. The summed E-state index contributed by atoms with van der Waals surface area (Å²) in [6.07, 6.45) is 5.76.